The molecule has 3 heterocycles. The van der Waals surface area contributed by atoms with Crippen LogP contribution in [0.1, 0.15) is 28.7 Å². The number of likely N-dealkylation sites (N-methyl/N-ethyl adjacent to an activating group) is 1. The number of amides is 2. The van der Waals surface area contributed by atoms with E-state index in [0.717, 1.165) is 17.8 Å². The van der Waals surface area contributed by atoms with E-state index in [1.54, 1.807) is 36.2 Å². The average Bonchev–Trinajstić information content (AvgIpc) is 3.64. The highest BCUT2D eigenvalue weighted by Gasteiger charge is 2.39. The molecule has 1 aromatic heterocycles. The van der Waals surface area contributed by atoms with Gasteiger partial charge in [-0.15, -0.1) is 0 Å². The lowest BCUT2D eigenvalue weighted by atomic mass is 10.0. The summed E-state index contributed by atoms with van der Waals surface area (Å²) in [7, 11) is 1.77. The fraction of sp³-hybridized carbons (Fsp3) is 0.357. The highest BCUT2D eigenvalue weighted by atomic mass is 32.2. The minimum atomic E-state index is -5.00. The molecule has 2 aromatic carbocycles. The van der Waals surface area contributed by atoms with Gasteiger partial charge in [0, 0.05) is 31.1 Å². The molecule has 0 bridgehead atoms. The van der Waals surface area contributed by atoms with Crippen LogP contribution >= 0.6 is 11.8 Å². The number of benzene rings is 2. The van der Waals surface area contributed by atoms with E-state index in [4.69, 9.17) is 5.73 Å². The summed E-state index contributed by atoms with van der Waals surface area (Å²) in [6.07, 6.45) is -6.33. The van der Waals surface area contributed by atoms with Gasteiger partial charge in [0.05, 0.1) is 47.4 Å². The second kappa shape index (κ2) is 11.9. The predicted octanol–water partition coefficient (Wildman–Crippen LogP) is 3.94. The number of nitrogens with zero attached hydrogens (tertiary/aromatic N) is 5. The number of nitrogens with two attached hydrogens (primary N) is 1. The third-order valence-corrected chi connectivity index (χ3v) is 8.63. The van der Waals surface area contributed by atoms with E-state index in [1.807, 2.05) is 4.90 Å². The summed E-state index contributed by atoms with van der Waals surface area (Å²) in [5, 5.41) is 14.8. The molecule has 0 spiro atoms. The van der Waals surface area contributed by atoms with Gasteiger partial charge in [-0.25, -0.2) is 0 Å². The number of hydrogen-bond donors (Lipinski definition) is 2. The smallest absolute Gasteiger partial charge is 0.395 e. The Bertz CT molecular complexity index is 1670. The Morgan fingerprint density at radius 3 is 2.57 bits per heavy atom. The molecule has 5 rings (SSSR count). The number of halogens is 6. The van der Waals surface area contributed by atoms with Gasteiger partial charge < -0.3 is 15.7 Å². The number of thioether (sulfide) groups is 1. The van der Waals surface area contributed by atoms with Gasteiger partial charge in [0.15, 0.2) is 5.17 Å². The zero-order valence-electron chi connectivity index (χ0n) is 23.1. The number of aliphatic hydroxyl groups is 1. The molecule has 234 valence electrons. The second-order valence-electron chi connectivity index (χ2n) is 10.5. The molecule has 44 heavy (non-hydrogen) atoms. The average molecular weight is 641 g/mol. The fourth-order valence-corrected chi connectivity index (χ4v) is 6.26. The number of primary amides is 1. The van der Waals surface area contributed by atoms with Crippen molar-refractivity contribution in [2.45, 2.75) is 37.4 Å². The van der Waals surface area contributed by atoms with Gasteiger partial charge in [-0.3, -0.25) is 19.2 Å². The highest BCUT2D eigenvalue weighted by Crippen LogP contribution is 2.38. The van der Waals surface area contributed by atoms with Gasteiger partial charge in [-0.2, -0.15) is 36.4 Å². The number of carbonyl (C=O) groups is 2. The third-order valence-electron chi connectivity index (χ3n) is 7.56. The van der Waals surface area contributed by atoms with Crippen molar-refractivity contribution in [2.75, 3.05) is 26.7 Å². The molecule has 2 amide bonds. The summed E-state index contributed by atoms with van der Waals surface area (Å²) < 4.78 is 81.3. The molecular formula is C28H26F6N6O3S. The van der Waals surface area contributed by atoms with Crippen LogP contribution in [0.25, 0.3) is 17.0 Å². The first-order valence-electron chi connectivity index (χ1n) is 13.3. The number of alkyl halides is 6. The monoisotopic (exact) mass is 640 g/mol. The molecule has 0 radical (unpaired) electrons. The first-order chi connectivity index (χ1) is 20.6. The van der Waals surface area contributed by atoms with Crippen LogP contribution in [-0.4, -0.2) is 80.5 Å². The molecule has 0 unspecified atom stereocenters. The van der Waals surface area contributed by atoms with E-state index in [1.165, 1.54) is 10.9 Å². The van der Waals surface area contributed by atoms with Gasteiger partial charge in [0.2, 0.25) is 5.91 Å². The lowest BCUT2D eigenvalue weighted by Gasteiger charge is -2.25. The van der Waals surface area contributed by atoms with E-state index in [2.05, 4.69) is 10.1 Å². The van der Waals surface area contributed by atoms with E-state index >= 15 is 0 Å². The number of aliphatic hydroxyl groups excluding tert-OH is 1. The van der Waals surface area contributed by atoms with E-state index in [9.17, 15) is 41.0 Å². The molecule has 3 N–H and O–H groups in total. The van der Waals surface area contributed by atoms with Crippen molar-refractivity contribution in [2.24, 2.45) is 10.7 Å². The number of aliphatic imine (C=N–C) groups is 1. The number of likely N-dealkylation sites (tertiary alicyclic amines) is 1. The molecule has 2 aliphatic rings. The van der Waals surface area contributed by atoms with Crippen molar-refractivity contribution in [3.05, 3.63) is 69.8 Å². The summed E-state index contributed by atoms with van der Waals surface area (Å²) in [6.45, 7) is -0.0978. The van der Waals surface area contributed by atoms with Crippen LogP contribution in [0.3, 0.4) is 0 Å². The lowest BCUT2D eigenvalue weighted by molar-refractivity contribution is -0.143. The number of carbonyl (C=O) groups excluding carboxylic acids is 2. The van der Waals surface area contributed by atoms with Crippen LogP contribution in [0.2, 0.25) is 0 Å². The lowest BCUT2D eigenvalue weighted by Crippen LogP contribution is -2.41. The normalized spacial score (nSPS) is 20.6. The van der Waals surface area contributed by atoms with Gasteiger partial charge in [-0.05, 0) is 59.7 Å². The quantitative estimate of drug-likeness (QED) is 0.297. The first-order valence-corrected chi connectivity index (χ1v) is 14.1. The Hall–Kier alpha value is -3.89. The van der Waals surface area contributed by atoms with Crippen molar-refractivity contribution >= 4 is 45.7 Å². The predicted molar refractivity (Wildman–Crippen MR) is 151 cm³/mol. The summed E-state index contributed by atoms with van der Waals surface area (Å²) in [5.74, 6) is -0.965. The van der Waals surface area contributed by atoms with Crippen LogP contribution in [0, 0.1) is 0 Å². The number of hydrogen-bond acceptors (Lipinski definition) is 7. The van der Waals surface area contributed by atoms with Crippen LogP contribution < -0.4 is 5.73 Å². The first kappa shape index (κ1) is 31.5. The zero-order valence-corrected chi connectivity index (χ0v) is 23.9. The van der Waals surface area contributed by atoms with Crippen molar-refractivity contribution in [1.29, 1.82) is 0 Å². The van der Waals surface area contributed by atoms with Crippen LogP contribution in [0.5, 0.6) is 0 Å². The largest absolute Gasteiger partial charge is 0.416 e. The molecule has 16 heteroatoms. The Kier molecular flexibility index (Phi) is 8.52. The van der Waals surface area contributed by atoms with E-state index < -0.39 is 41.8 Å². The molecule has 1 saturated heterocycles. The Morgan fingerprint density at radius 2 is 1.91 bits per heavy atom. The molecular weight excluding hydrogens is 614 g/mol. The number of fused-ring (bicyclic) bond motifs is 1. The minimum Gasteiger partial charge on any atom is -0.395 e. The maximum absolute atomic E-state index is 13.6. The zero-order chi connectivity index (χ0) is 32.0. The van der Waals surface area contributed by atoms with Crippen molar-refractivity contribution in [1.82, 2.24) is 19.6 Å². The number of rotatable bonds is 7. The van der Waals surface area contributed by atoms with Crippen molar-refractivity contribution in [3.8, 4) is 0 Å². The standard InChI is InChI=1S/C28H26F6N6O3S/c1-38(19-9-20(14-41)39(12-19)13-24(35)42)26-37-25(43)23(44-26)7-15-2-5-22-17(6-15)10-36-40(22)11-16-3-4-18(27(29,30)31)8-21(16)28(32,33)34/h2-8,10,19-20,41H,9,11-14H2,1H3,(H2,35,42)/b23-7-/t19-,20-/m0/s1. The molecule has 2 aliphatic heterocycles. The van der Waals surface area contributed by atoms with Gasteiger partial charge >= 0.3 is 12.4 Å². The maximum atomic E-state index is 13.6. The molecule has 9 nitrogen and oxygen atoms in total. The van der Waals surface area contributed by atoms with E-state index in [0.29, 0.717) is 45.6 Å². The minimum absolute atomic E-state index is 0.00611. The fourth-order valence-electron chi connectivity index (χ4n) is 5.32. The Labute approximate surface area is 251 Å². The highest BCUT2D eigenvalue weighted by molar-refractivity contribution is 8.18. The van der Waals surface area contributed by atoms with Crippen LogP contribution in [0.15, 0.2) is 52.5 Å². The second-order valence-corrected chi connectivity index (χ2v) is 11.5. The topological polar surface area (TPSA) is 117 Å². The van der Waals surface area contributed by atoms with Gasteiger partial charge in [0.25, 0.3) is 5.91 Å². The molecule has 0 saturated carbocycles. The summed E-state index contributed by atoms with van der Waals surface area (Å²) in [5.41, 5.74) is 3.22. The summed E-state index contributed by atoms with van der Waals surface area (Å²) >= 11 is 1.16. The molecule has 0 aliphatic carbocycles. The Balaban J connectivity index is 1.32. The molecule has 1 fully saturated rings. The number of amidine groups is 1. The van der Waals surface area contributed by atoms with Crippen molar-refractivity contribution in [3.63, 3.8) is 0 Å². The molecule has 3 aromatic rings. The van der Waals surface area contributed by atoms with Crippen molar-refractivity contribution < 1.29 is 41.0 Å². The third kappa shape index (κ3) is 6.61. The van der Waals surface area contributed by atoms with E-state index in [-0.39, 0.29) is 36.9 Å². The summed E-state index contributed by atoms with van der Waals surface area (Å²) in [4.78, 5) is 32.2. The van der Waals surface area contributed by atoms with Crippen LogP contribution in [-0.2, 0) is 28.5 Å². The van der Waals surface area contributed by atoms with Crippen LogP contribution in [0.4, 0.5) is 26.3 Å². The maximum Gasteiger partial charge on any atom is 0.416 e. The van der Waals surface area contributed by atoms with Gasteiger partial charge in [-0.1, -0.05) is 12.1 Å². The SMILES string of the molecule is CN(C1=NC(=O)/C(=C/c2ccc3c(cnn3Cc3ccc(C(F)(F)F)cc3C(F)(F)F)c2)S1)[C@H]1C[C@@H](CO)N(CC(N)=O)C1. The summed E-state index contributed by atoms with van der Waals surface area (Å²) in [6, 6.07) is 6.08. The Morgan fingerprint density at radius 1 is 1.16 bits per heavy atom. The molecule has 2 atom stereocenters. The van der Waals surface area contributed by atoms with Gasteiger partial charge in [0.1, 0.15) is 0 Å². The number of aromatic nitrogens is 2.